The van der Waals surface area contributed by atoms with Crippen LogP contribution >= 0.6 is 0 Å². The van der Waals surface area contributed by atoms with Crippen LogP contribution in [0.3, 0.4) is 0 Å². The first-order valence-electron chi connectivity index (χ1n) is 4.73. The van der Waals surface area contributed by atoms with Crippen molar-refractivity contribution in [3.8, 4) is 0 Å². The van der Waals surface area contributed by atoms with Crippen molar-refractivity contribution in [2.75, 3.05) is 19.0 Å². The van der Waals surface area contributed by atoms with Crippen LogP contribution in [-0.2, 0) is 6.18 Å². The van der Waals surface area contributed by atoms with Gasteiger partial charge in [0, 0.05) is 25.9 Å². The predicted octanol–water partition coefficient (Wildman–Crippen LogP) is 3.20. The van der Waals surface area contributed by atoms with Crippen LogP contribution < -0.4 is 4.90 Å². The molecule has 0 aliphatic carbocycles. The van der Waals surface area contributed by atoms with E-state index in [0.29, 0.717) is 5.82 Å². The number of aromatic nitrogens is 1. The minimum Gasteiger partial charge on any atom is -0.363 e. The summed E-state index contributed by atoms with van der Waals surface area (Å²) in [6.45, 7) is 1.67. The van der Waals surface area contributed by atoms with Crippen LogP contribution in [0.15, 0.2) is 18.3 Å². The number of nitrogens with zero attached hydrogens (tertiary/aromatic N) is 2. The molecule has 2 nitrogen and oxygen atoms in total. The molecule has 0 radical (unpaired) electrons. The van der Waals surface area contributed by atoms with Gasteiger partial charge in [0.15, 0.2) is 0 Å². The van der Waals surface area contributed by atoms with E-state index in [1.54, 1.807) is 27.1 Å². The van der Waals surface area contributed by atoms with Crippen LogP contribution in [0.2, 0.25) is 0 Å². The van der Waals surface area contributed by atoms with Crippen LogP contribution in [0, 0.1) is 0 Å². The molecule has 0 saturated heterocycles. The molecule has 0 unspecified atom stereocenters. The van der Waals surface area contributed by atoms with E-state index in [1.165, 1.54) is 17.2 Å². The van der Waals surface area contributed by atoms with Crippen LogP contribution in [0.25, 0.3) is 6.08 Å². The summed E-state index contributed by atoms with van der Waals surface area (Å²) >= 11 is 0. The molecule has 0 bridgehead atoms. The monoisotopic (exact) mass is 230 g/mol. The fraction of sp³-hybridized carbons (Fsp3) is 0.364. The lowest BCUT2D eigenvalue weighted by molar-refractivity contribution is -0.137. The van der Waals surface area contributed by atoms with Crippen molar-refractivity contribution in [1.82, 2.24) is 4.98 Å². The predicted molar refractivity (Wildman–Crippen MR) is 58.3 cm³/mol. The van der Waals surface area contributed by atoms with E-state index >= 15 is 0 Å². The largest absolute Gasteiger partial charge is 0.417 e. The SMILES string of the molecule is CC=Cc1cnc(N(C)C)cc1C(F)(F)F. The molecule has 16 heavy (non-hydrogen) atoms. The van der Waals surface area contributed by atoms with E-state index in [-0.39, 0.29) is 5.56 Å². The quantitative estimate of drug-likeness (QED) is 0.775. The van der Waals surface area contributed by atoms with Gasteiger partial charge in [-0.3, -0.25) is 0 Å². The third-order valence-corrected chi connectivity index (χ3v) is 2.03. The molecule has 0 aliphatic heterocycles. The highest BCUT2D eigenvalue weighted by molar-refractivity contribution is 5.57. The Morgan fingerprint density at radius 3 is 2.38 bits per heavy atom. The number of alkyl halides is 3. The fourth-order valence-corrected chi connectivity index (χ4v) is 1.26. The number of halogens is 3. The van der Waals surface area contributed by atoms with Crippen molar-refractivity contribution in [3.05, 3.63) is 29.5 Å². The van der Waals surface area contributed by atoms with Crippen molar-refractivity contribution in [2.24, 2.45) is 0 Å². The fourth-order valence-electron chi connectivity index (χ4n) is 1.26. The summed E-state index contributed by atoms with van der Waals surface area (Å²) in [6.07, 6.45) is -0.169. The average Bonchev–Trinajstić information content (AvgIpc) is 2.16. The molecule has 0 aliphatic rings. The first kappa shape index (κ1) is 12.5. The molecule has 0 N–H and O–H groups in total. The summed E-state index contributed by atoms with van der Waals surface area (Å²) in [4.78, 5) is 5.48. The van der Waals surface area contributed by atoms with Gasteiger partial charge in [0.2, 0.25) is 0 Å². The van der Waals surface area contributed by atoms with Gasteiger partial charge in [-0.1, -0.05) is 12.2 Å². The van der Waals surface area contributed by atoms with E-state index < -0.39 is 11.7 Å². The molecule has 0 atom stereocenters. The molecule has 0 aromatic carbocycles. The summed E-state index contributed by atoms with van der Waals surface area (Å²) < 4.78 is 38.2. The van der Waals surface area contributed by atoms with Crippen LogP contribution in [0.5, 0.6) is 0 Å². The Bertz CT molecular complexity index is 395. The molecule has 88 valence electrons. The second kappa shape index (κ2) is 4.55. The second-order valence-electron chi connectivity index (χ2n) is 3.52. The molecule has 1 heterocycles. The lowest BCUT2D eigenvalue weighted by Gasteiger charge is -2.15. The zero-order chi connectivity index (χ0) is 12.3. The number of allylic oxidation sites excluding steroid dienone is 1. The molecule has 1 aromatic rings. The smallest absolute Gasteiger partial charge is 0.363 e. The Morgan fingerprint density at radius 1 is 1.31 bits per heavy atom. The number of hydrogen-bond donors (Lipinski definition) is 0. The van der Waals surface area contributed by atoms with Gasteiger partial charge < -0.3 is 4.90 Å². The molecule has 0 saturated carbocycles. The zero-order valence-electron chi connectivity index (χ0n) is 9.34. The lowest BCUT2D eigenvalue weighted by Crippen LogP contribution is -2.14. The minimum atomic E-state index is -4.36. The molecule has 0 fully saturated rings. The van der Waals surface area contributed by atoms with Gasteiger partial charge in [-0.25, -0.2) is 4.98 Å². The van der Waals surface area contributed by atoms with Crippen molar-refractivity contribution >= 4 is 11.9 Å². The van der Waals surface area contributed by atoms with Gasteiger partial charge in [0.1, 0.15) is 5.82 Å². The second-order valence-corrected chi connectivity index (χ2v) is 3.52. The van der Waals surface area contributed by atoms with E-state index in [1.807, 2.05) is 0 Å². The minimum absolute atomic E-state index is 0.0839. The van der Waals surface area contributed by atoms with Crippen LogP contribution in [-0.4, -0.2) is 19.1 Å². The Kier molecular flexibility index (Phi) is 3.57. The molecular weight excluding hydrogens is 217 g/mol. The van der Waals surface area contributed by atoms with E-state index in [4.69, 9.17) is 0 Å². The van der Waals surface area contributed by atoms with Crippen molar-refractivity contribution < 1.29 is 13.2 Å². The number of anilines is 1. The lowest BCUT2D eigenvalue weighted by atomic mass is 10.1. The van der Waals surface area contributed by atoms with Gasteiger partial charge in [0.25, 0.3) is 0 Å². The van der Waals surface area contributed by atoms with E-state index in [9.17, 15) is 13.2 Å². The number of rotatable bonds is 2. The van der Waals surface area contributed by atoms with Crippen LogP contribution in [0.4, 0.5) is 19.0 Å². The third kappa shape index (κ3) is 2.74. The summed E-state index contributed by atoms with van der Waals surface area (Å²) in [6, 6.07) is 1.05. The first-order valence-corrected chi connectivity index (χ1v) is 4.73. The van der Waals surface area contributed by atoms with E-state index in [0.717, 1.165) is 6.07 Å². The standard InChI is InChI=1S/C11H13F3N2/c1-4-5-8-7-15-10(16(2)3)6-9(8)11(12,13)14/h4-7H,1-3H3. The van der Waals surface area contributed by atoms with Gasteiger partial charge in [-0.05, 0) is 13.0 Å². The Hall–Kier alpha value is -1.52. The Labute approximate surface area is 92.4 Å². The third-order valence-electron chi connectivity index (χ3n) is 2.03. The molecular formula is C11H13F3N2. The average molecular weight is 230 g/mol. The maximum Gasteiger partial charge on any atom is 0.417 e. The maximum atomic E-state index is 12.7. The molecule has 0 spiro atoms. The summed E-state index contributed by atoms with van der Waals surface area (Å²) in [7, 11) is 3.30. The maximum absolute atomic E-state index is 12.7. The Morgan fingerprint density at radius 2 is 1.94 bits per heavy atom. The summed E-state index contributed by atoms with van der Waals surface area (Å²) in [5.74, 6) is 0.292. The Balaban J connectivity index is 3.33. The highest BCUT2D eigenvalue weighted by Crippen LogP contribution is 2.33. The number of hydrogen-bond acceptors (Lipinski definition) is 2. The molecule has 1 aromatic heterocycles. The normalized spacial score (nSPS) is 12.1. The zero-order valence-corrected chi connectivity index (χ0v) is 9.34. The van der Waals surface area contributed by atoms with Gasteiger partial charge in [-0.2, -0.15) is 13.2 Å². The first-order chi connectivity index (χ1) is 7.36. The molecule has 5 heteroatoms. The van der Waals surface area contributed by atoms with Crippen LogP contribution in [0.1, 0.15) is 18.1 Å². The summed E-state index contributed by atoms with van der Waals surface area (Å²) in [5.41, 5.74) is -0.579. The van der Waals surface area contributed by atoms with E-state index in [2.05, 4.69) is 4.98 Å². The van der Waals surface area contributed by atoms with Gasteiger partial charge in [0.05, 0.1) is 5.56 Å². The number of pyridine rings is 1. The summed E-state index contributed by atoms with van der Waals surface area (Å²) in [5, 5.41) is 0. The topological polar surface area (TPSA) is 16.1 Å². The highest BCUT2D eigenvalue weighted by Gasteiger charge is 2.33. The van der Waals surface area contributed by atoms with Gasteiger partial charge >= 0.3 is 6.18 Å². The van der Waals surface area contributed by atoms with Gasteiger partial charge in [-0.15, -0.1) is 0 Å². The molecule has 1 rings (SSSR count). The van der Waals surface area contributed by atoms with Crippen molar-refractivity contribution in [3.63, 3.8) is 0 Å². The van der Waals surface area contributed by atoms with Crippen molar-refractivity contribution in [2.45, 2.75) is 13.1 Å². The molecule has 0 amide bonds. The highest BCUT2D eigenvalue weighted by atomic mass is 19.4. The van der Waals surface area contributed by atoms with Crippen molar-refractivity contribution in [1.29, 1.82) is 0 Å².